The normalized spacial score (nSPS) is 12.8. The number of carbonyl (C=O) groups is 2. The van der Waals surface area contributed by atoms with Crippen LogP contribution in [0.15, 0.2) is 36.5 Å². The largest absolute Gasteiger partial charge is 0.466 e. The summed E-state index contributed by atoms with van der Waals surface area (Å²) < 4.78 is 5.50. The fraction of sp³-hybridized carbons (Fsp3) is 0.879. The Kier molecular flexibility index (Phi) is 60.0. The lowest BCUT2D eigenvalue weighted by Crippen LogP contribution is -2.45. The molecule has 0 heterocycles. The second-order valence-corrected chi connectivity index (χ2v) is 22.1. The van der Waals surface area contributed by atoms with Crippen LogP contribution in [0.4, 0.5) is 0 Å². The van der Waals surface area contributed by atoms with Gasteiger partial charge in [0.05, 0.1) is 25.4 Å². The van der Waals surface area contributed by atoms with Gasteiger partial charge in [-0.3, -0.25) is 9.59 Å². The van der Waals surface area contributed by atoms with Gasteiger partial charge >= 0.3 is 5.97 Å². The van der Waals surface area contributed by atoms with E-state index in [1.807, 2.05) is 6.08 Å². The first-order chi connectivity index (χ1) is 35.5. The van der Waals surface area contributed by atoms with E-state index in [1.165, 1.54) is 270 Å². The van der Waals surface area contributed by atoms with Crippen LogP contribution in [0.25, 0.3) is 0 Å². The number of carbonyl (C=O) groups excluding carboxylic acids is 2. The molecule has 0 radical (unpaired) electrons. The van der Waals surface area contributed by atoms with E-state index >= 15 is 0 Å². The predicted octanol–water partition coefficient (Wildman–Crippen LogP) is 20.4. The number of ether oxygens (including phenoxy) is 1. The van der Waals surface area contributed by atoms with Crippen LogP contribution in [0.2, 0.25) is 0 Å². The summed E-state index contributed by atoms with van der Waals surface area (Å²) in [7, 11) is 0. The maximum absolute atomic E-state index is 12.4. The van der Waals surface area contributed by atoms with Crippen molar-refractivity contribution in [3.8, 4) is 0 Å². The highest BCUT2D eigenvalue weighted by atomic mass is 16.5. The zero-order chi connectivity index (χ0) is 52.2. The van der Waals surface area contributed by atoms with E-state index in [-0.39, 0.29) is 18.5 Å². The summed E-state index contributed by atoms with van der Waals surface area (Å²) >= 11 is 0. The van der Waals surface area contributed by atoms with E-state index < -0.39 is 12.1 Å². The van der Waals surface area contributed by atoms with Crippen LogP contribution >= 0.6 is 0 Å². The Morgan fingerprint density at radius 1 is 0.389 bits per heavy atom. The Bertz CT molecular complexity index is 1170. The van der Waals surface area contributed by atoms with E-state index in [4.69, 9.17) is 4.74 Å². The Morgan fingerprint density at radius 2 is 0.694 bits per heavy atom. The third kappa shape index (κ3) is 57.4. The minimum absolute atomic E-state index is 0.0113. The minimum atomic E-state index is -0.843. The summed E-state index contributed by atoms with van der Waals surface area (Å²) in [4.78, 5) is 24.5. The number of aliphatic hydroxyl groups is 2. The van der Waals surface area contributed by atoms with Gasteiger partial charge in [0.25, 0.3) is 0 Å². The lowest BCUT2D eigenvalue weighted by atomic mass is 10.0. The van der Waals surface area contributed by atoms with Crippen molar-refractivity contribution in [1.29, 1.82) is 0 Å². The summed E-state index contributed by atoms with van der Waals surface area (Å²) in [5.41, 5.74) is 0. The quantitative estimate of drug-likeness (QED) is 0.0320. The second kappa shape index (κ2) is 61.6. The van der Waals surface area contributed by atoms with E-state index in [2.05, 4.69) is 43.5 Å². The standard InChI is InChI=1S/C66H125NO5/c1-3-5-7-9-11-13-15-17-18-19-26-30-33-36-40-44-48-52-56-60-66(71)72-61-57-53-49-45-41-37-34-31-28-25-23-21-20-22-24-27-29-32-35-39-43-47-51-55-59-65(70)67-63(62-68)64(69)58-54-50-46-42-38-16-14-12-10-8-6-4-2/h11,13,17-18,54,58,63-64,68-69H,3-10,12,14-16,19-53,55-57,59-62H2,1-2H3,(H,67,70)/b13-11-,18-17-,58-54+. The number of unbranched alkanes of at least 4 members (excludes halogenated alkanes) is 45. The number of amides is 1. The Labute approximate surface area is 449 Å². The third-order valence-corrected chi connectivity index (χ3v) is 14.9. The fourth-order valence-corrected chi connectivity index (χ4v) is 9.96. The summed E-state index contributed by atoms with van der Waals surface area (Å²) in [6, 6.07) is -0.626. The molecule has 0 aliphatic carbocycles. The van der Waals surface area contributed by atoms with Gasteiger partial charge in [0, 0.05) is 12.8 Å². The molecule has 0 aromatic carbocycles. The molecular formula is C66H125NO5. The van der Waals surface area contributed by atoms with Gasteiger partial charge in [-0.05, 0) is 64.2 Å². The molecule has 0 aliphatic rings. The first-order valence-corrected chi connectivity index (χ1v) is 32.3. The van der Waals surface area contributed by atoms with Gasteiger partial charge in [-0.1, -0.05) is 307 Å². The molecule has 0 saturated heterocycles. The van der Waals surface area contributed by atoms with Crippen molar-refractivity contribution in [2.75, 3.05) is 13.2 Å². The monoisotopic (exact) mass is 1010 g/mol. The number of aliphatic hydroxyl groups excluding tert-OH is 2. The highest BCUT2D eigenvalue weighted by molar-refractivity contribution is 5.76. The molecule has 0 fully saturated rings. The van der Waals surface area contributed by atoms with Crippen LogP contribution in [-0.2, 0) is 14.3 Å². The maximum Gasteiger partial charge on any atom is 0.305 e. The van der Waals surface area contributed by atoms with Gasteiger partial charge < -0.3 is 20.3 Å². The van der Waals surface area contributed by atoms with E-state index in [1.54, 1.807) is 6.08 Å². The molecule has 0 bridgehead atoms. The van der Waals surface area contributed by atoms with Crippen LogP contribution < -0.4 is 5.32 Å². The predicted molar refractivity (Wildman–Crippen MR) is 315 cm³/mol. The van der Waals surface area contributed by atoms with Gasteiger partial charge in [0.1, 0.15) is 0 Å². The average Bonchev–Trinajstić information content (AvgIpc) is 3.38. The SMILES string of the molecule is CCCCC/C=C\C/C=C\CCCCCCCCCCCC(=O)OCCCCCCCCCCCCCCCCCCCCCCCCCCC(=O)NC(CO)C(O)/C=C/CCCCCCCCCCCC. The summed E-state index contributed by atoms with van der Waals surface area (Å²) in [5.74, 6) is -0.0554. The van der Waals surface area contributed by atoms with Gasteiger partial charge in [-0.2, -0.15) is 0 Å². The molecule has 0 aromatic heterocycles. The van der Waals surface area contributed by atoms with Crippen LogP contribution in [-0.4, -0.2) is 47.4 Å². The van der Waals surface area contributed by atoms with Crippen molar-refractivity contribution in [3.05, 3.63) is 36.5 Å². The number of hydrogen-bond acceptors (Lipinski definition) is 5. The van der Waals surface area contributed by atoms with E-state index in [9.17, 15) is 19.8 Å². The molecule has 0 saturated carbocycles. The Morgan fingerprint density at radius 3 is 1.08 bits per heavy atom. The second-order valence-electron chi connectivity index (χ2n) is 22.1. The third-order valence-electron chi connectivity index (χ3n) is 14.9. The number of rotatable bonds is 60. The van der Waals surface area contributed by atoms with Crippen LogP contribution in [0, 0.1) is 0 Å². The highest BCUT2D eigenvalue weighted by Gasteiger charge is 2.18. The number of esters is 1. The molecule has 2 atom stereocenters. The van der Waals surface area contributed by atoms with Crippen LogP contribution in [0.5, 0.6) is 0 Å². The molecule has 1 amide bonds. The van der Waals surface area contributed by atoms with Gasteiger partial charge in [0.2, 0.25) is 5.91 Å². The van der Waals surface area contributed by atoms with Crippen molar-refractivity contribution in [1.82, 2.24) is 5.32 Å². The molecule has 2 unspecified atom stereocenters. The minimum Gasteiger partial charge on any atom is -0.466 e. The number of hydrogen-bond donors (Lipinski definition) is 3. The molecule has 0 aliphatic heterocycles. The van der Waals surface area contributed by atoms with Crippen molar-refractivity contribution in [3.63, 3.8) is 0 Å². The van der Waals surface area contributed by atoms with Gasteiger partial charge in [-0.15, -0.1) is 0 Å². The molecule has 0 aromatic rings. The van der Waals surface area contributed by atoms with Gasteiger partial charge in [-0.25, -0.2) is 0 Å². The number of nitrogens with one attached hydrogen (secondary N) is 1. The van der Waals surface area contributed by atoms with Crippen molar-refractivity contribution < 1.29 is 24.5 Å². The zero-order valence-corrected chi connectivity index (χ0v) is 48.4. The lowest BCUT2D eigenvalue weighted by Gasteiger charge is -2.20. The van der Waals surface area contributed by atoms with Crippen molar-refractivity contribution in [2.45, 2.75) is 360 Å². The summed E-state index contributed by atoms with van der Waals surface area (Å²) in [5, 5.41) is 23.1. The van der Waals surface area contributed by atoms with Crippen LogP contribution in [0.1, 0.15) is 348 Å². The summed E-state index contributed by atoms with van der Waals surface area (Å²) in [6.45, 7) is 4.89. The van der Waals surface area contributed by atoms with E-state index in [0.717, 1.165) is 51.4 Å². The van der Waals surface area contributed by atoms with Crippen molar-refractivity contribution in [2.24, 2.45) is 0 Å². The summed E-state index contributed by atoms with van der Waals surface area (Å²) in [6.07, 6.45) is 77.7. The molecule has 0 spiro atoms. The van der Waals surface area contributed by atoms with Gasteiger partial charge in [0.15, 0.2) is 0 Å². The zero-order valence-electron chi connectivity index (χ0n) is 48.4. The fourth-order valence-electron chi connectivity index (χ4n) is 9.96. The maximum atomic E-state index is 12.4. The molecule has 72 heavy (non-hydrogen) atoms. The van der Waals surface area contributed by atoms with Crippen molar-refractivity contribution >= 4 is 11.9 Å². The molecule has 6 heteroatoms. The first kappa shape index (κ1) is 70.1. The average molecular weight is 1010 g/mol. The molecule has 6 nitrogen and oxygen atoms in total. The topological polar surface area (TPSA) is 95.9 Å². The van der Waals surface area contributed by atoms with E-state index in [0.29, 0.717) is 19.4 Å². The Balaban J connectivity index is 3.36. The molecule has 0 rings (SSSR count). The smallest absolute Gasteiger partial charge is 0.305 e. The molecule has 3 N–H and O–H groups in total. The molecule has 424 valence electrons. The molecular weight excluding hydrogens is 887 g/mol. The first-order valence-electron chi connectivity index (χ1n) is 32.3. The number of allylic oxidation sites excluding steroid dienone is 5. The lowest BCUT2D eigenvalue weighted by molar-refractivity contribution is -0.143. The highest BCUT2D eigenvalue weighted by Crippen LogP contribution is 2.18. The Hall–Kier alpha value is -1.92. The van der Waals surface area contributed by atoms with Crippen LogP contribution in [0.3, 0.4) is 0 Å².